The molecule has 3 heteroatoms. The van der Waals surface area contributed by atoms with Gasteiger partial charge in [0.15, 0.2) is 0 Å². The molecule has 0 heterocycles. The molecule has 2 aromatic rings. The second-order valence-corrected chi connectivity index (χ2v) is 6.86. The van der Waals surface area contributed by atoms with Crippen molar-refractivity contribution >= 4 is 27.7 Å². The van der Waals surface area contributed by atoms with E-state index in [9.17, 15) is 0 Å². The molecular formula is C17H20BrNS. The van der Waals surface area contributed by atoms with Gasteiger partial charge in [-0.1, -0.05) is 51.8 Å². The average Bonchev–Trinajstić information content (AvgIpc) is 2.45. The Morgan fingerprint density at radius 3 is 2.65 bits per heavy atom. The van der Waals surface area contributed by atoms with Gasteiger partial charge in [0.2, 0.25) is 0 Å². The Morgan fingerprint density at radius 2 is 1.95 bits per heavy atom. The number of rotatable bonds is 6. The minimum Gasteiger partial charge on any atom is -0.316 e. The lowest BCUT2D eigenvalue weighted by atomic mass is 10.1. The van der Waals surface area contributed by atoms with E-state index < -0.39 is 0 Å². The molecule has 0 fully saturated rings. The smallest absolute Gasteiger partial charge is 0.0207 e. The second-order valence-electron chi connectivity index (χ2n) is 4.91. The largest absolute Gasteiger partial charge is 0.316 e. The molecule has 2 rings (SSSR count). The van der Waals surface area contributed by atoms with E-state index in [0.717, 1.165) is 12.2 Å². The molecule has 1 nitrogen and oxygen atoms in total. The lowest BCUT2D eigenvalue weighted by Crippen LogP contribution is -2.30. The fourth-order valence-corrected chi connectivity index (χ4v) is 3.64. The highest BCUT2D eigenvalue weighted by atomic mass is 79.9. The van der Waals surface area contributed by atoms with E-state index in [1.807, 2.05) is 18.8 Å². The molecule has 0 aliphatic heterocycles. The Kier molecular flexibility index (Phi) is 6.14. The summed E-state index contributed by atoms with van der Waals surface area (Å²) in [6, 6.07) is 17.6. The summed E-state index contributed by atoms with van der Waals surface area (Å²) in [5.41, 5.74) is 2.68. The van der Waals surface area contributed by atoms with E-state index in [4.69, 9.17) is 0 Å². The van der Waals surface area contributed by atoms with Gasteiger partial charge in [-0.25, -0.2) is 0 Å². The summed E-state index contributed by atoms with van der Waals surface area (Å²) in [7, 11) is 2.04. The zero-order valence-corrected chi connectivity index (χ0v) is 14.3. The van der Waals surface area contributed by atoms with E-state index >= 15 is 0 Å². The van der Waals surface area contributed by atoms with Gasteiger partial charge >= 0.3 is 0 Å². The van der Waals surface area contributed by atoms with Crippen LogP contribution in [0.1, 0.15) is 11.1 Å². The first kappa shape index (κ1) is 15.6. The highest BCUT2D eigenvalue weighted by Crippen LogP contribution is 2.22. The van der Waals surface area contributed by atoms with Gasteiger partial charge in [0.25, 0.3) is 0 Å². The van der Waals surface area contributed by atoms with Crippen LogP contribution in [-0.4, -0.2) is 18.8 Å². The van der Waals surface area contributed by atoms with Gasteiger partial charge in [0.1, 0.15) is 0 Å². The number of halogens is 1. The highest BCUT2D eigenvalue weighted by molar-refractivity contribution is 9.10. The third-order valence-corrected chi connectivity index (χ3v) is 5.20. The van der Waals surface area contributed by atoms with Gasteiger partial charge in [-0.3, -0.25) is 0 Å². The van der Waals surface area contributed by atoms with Crippen molar-refractivity contribution in [3.8, 4) is 0 Å². The van der Waals surface area contributed by atoms with Crippen LogP contribution in [0.25, 0.3) is 0 Å². The molecule has 0 bridgehead atoms. The monoisotopic (exact) mass is 349 g/mol. The summed E-state index contributed by atoms with van der Waals surface area (Å²) >= 11 is 5.54. The first-order valence-corrected chi connectivity index (χ1v) is 8.57. The second kappa shape index (κ2) is 7.87. The van der Waals surface area contributed by atoms with Crippen molar-refractivity contribution in [2.75, 3.05) is 12.8 Å². The molecule has 1 unspecified atom stereocenters. The van der Waals surface area contributed by atoms with Crippen molar-refractivity contribution in [3.63, 3.8) is 0 Å². The molecule has 2 aromatic carbocycles. The van der Waals surface area contributed by atoms with Crippen molar-refractivity contribution in [3.05, 3.63) is 64.1 Å². The van der Waals surface area contributed by atoms with E-state index in [-0.39, 0.29) is 0 Å². The average molecular weight is 350 g/mol. The number of hydrogen-bond acceptors (Lipinski definition) is 2. The van der Waals surface area contributed by atoms with Crippen molar-refractivity contribution < 1.29 is 0 Å². The van der Waals surface area contributed by atoms with Crippen LogP contribution < -0.4 is 5.32 Å². The third kappa shape index (κ3) is 4.65. The molecule has 20 heavy (non-hydrogen) atoms. The number of nitrogens with one attached hydrogen (secondary N) is 1. The molecule has 0 saturated heterocycles. The molecule has 0 aliphatic rings. The summed E-state index contributed by atoms with van der Waals surface area (Å²) in [5.74, 6) is 1.07. The van der Waals surface area contributed by atoms with Gasteiger partial charge in [-0.2, -0.15) is 0 Å². The van der Waals surface area contributed by atoms with Crippen molar-refractivity contribution in [1.82, 2.24) is 5.32 Å². The maximum atomic E-state index is 3.62. The zero-order chi connectivity index (χ0) is 14.4. The van der Waals surface area contributed by atoms with Crippen LogP contribution in [0.2, 0.25) is 0 Å². The van der Waals surface area contributed by atoms with Crippen LogP contribution in [-0.2, 0) is 6.42 Å². The molecule has 0 radical (unpaired) electrons. The Balaban J connectivity index is 1.94. The molecule has 1 N–H and O–H groups in total. The lowest BCUT2D eigenvalue weighted by Gasteiger charge is -2.17. The molecule has 0 spiro atoms. The summed E-state index contributed by atoms with van der Waals surface area (Å²) in [5, 5.41) is 3.42. The van der Waals surface area contributed by atoms with Gasteiger partial charge in [0.05, 0.1) is 0 Å². The molecule has 0 amide bonds. The lowest BCUT2D eigenvalue weighted by molar-refractivity contribution is 0.616. The van der Waals surface area contributed by atoms with Crippen LogP contribution in [0.5, 0.6) is 0 Å². The standard InChI is InChI=1S/C17H20BrNS/c1-13-6-5-8-16(10-13)20-12-15(19-2)11-14-7-3-4-9-17(14)18/h3-10,15,19H,11-12H2,1-2H3. The number of thioether (sulfide) groups is 1. The predicted octanol–water partition coefficient (Wildman–Crippen LogP) is 4.68. The van der Waals surface area contributed by atoms with Gasteiger partial charge < -0.3 is 5.32 Å². The molecule has 0 saturated carbocycles. The fourth-order valence-electron chi connectivity index (χ4n) is 2.08. The van der Waals surface area contributed by atoms with Gasteiger partial charge in [0, 0.05) is 21.2 Å². The van der Waals surface area contributed by atoms with Crippen LogP contribution >= 0.6 is 27.7 Å². The fraction of sp³-hybridized carbons (Fsp3) is 0.294. The van der Waals surface area contributed by atoms with E-state index in [1.165, 1.54) is 20.5 Å². The van der Waals surface area contributed by atoms with Crippen LogP contribution in [0.3, 0.4) is 0 Å². The third-order valence-electron chi connectivity index (χ3n) is 3.27. The van der Waals surface area contributed by atoms with Crippen molar-refractivity contribution in [2.45, 2.75) is 24.3 Å². The minimum atomic E-state index is 0.471. The molecule has 0 aromatic heterocycles. The summed E-state index contributed by atoms with van der Waals surface area (Å²) in [6.45, 7) is 2.14. The summed E-state index contributed by atoms with van der Waals surface area (Å²) < 4.78 is 1.20. The van der Waals surface area contributed by atoms with E-state index in [1.54, 1.807) is 0 Å². The predicted molar refractivity (Wildman–Crippen MR) is 92.6 cm³/mol. The quantitative estimate of drug-likeness (QED) is 0.759. The zero-order valence-electron chi connectivity index (χ0n) is 11.9. The van der Waals surface area contributed by atoms with Gasteiger partial charge in [-0.15, -0.1) is 11.8 Å². The Bertz CT molecular complexity index is 556. The maximum absolute atomic E-state index is 3.62. The maximum Gasteiger partial charge on any atom is 0.0207 e. The first-order chi connectivity index (χ1) is 9.69. The Hall–Kier alpha value is -0.770. The highest BCUT2D eigenvalue weighted by Gasteiger charge is 2.10. The number of aryl methyl sites for hydroxylation is 1. The van der Waals surface area contributed by atoms with E-state index in [2.05, 4.69) is 76.7 Å². The summed E-state index contributed by atoms with van der Waals surface area (Å²) in [6.07, 6.45) is 1.04. The number of likely N-dealkylation sites (N-methyl/N-ethyl adjacent to an activating group) is 1. The van der Waals surface area contributed by atoms with E-state index in [0.29, 0.717) is 6.04 Å². The molecular weight excluding hydrogens is 330 g/mol. The van der Waals surface area contributed by atoms with Crippen molar-refractivity contribution in [2.24, 2.45) is 0 Å². The Labute approximate surface area is 134 Å². The normalized spacial score (nSPS) is 12.3. The molecule has 0 aliphatic carbocycles. The van der Waals surface area contributed by atoms with Gasteiger partial charge in [-0.05, 0) is 44.2 Å². The topological polar surface area (TPSA) is 12.0 Å². The number of hydrogen-bond donors (Lipinski definition) is 1. The Morgan fingerprint density at radius 1 is 1.15 bits per heavy atom. The first-order valence-electron chi connectivity index (χ1n) is 6.79. The SMILES string of the molecule is CNC(CSc1cccc(C)c1)Cc1ccccc1Br. The van der Waals surface area contributed by atoms with Crippen molar-refractivity contribution in [1.29, 1.82) is 0 Å². The van der Waals surface area contributed by atoms with Crippen LogP contribution in [0.4, 0.5) is 0 Å². The number of benzene rings is 2. The van der Waals surface area contributed by atoms with Crippen LogP contribution in [0.15, 0.2) is 57.9 Å². The molecule has 1 atom stereocenters. The molecule has 106 valence electrons. The van der Waals surface area contributed by atoms with Crippen LogP contribution in [0, 0.1) is 6.92 Å². The minimum absolute atomic E-state index is 0.471. The summed E-state index contributed by atoms with van der Waals surface area (Å²) in [4.78, 5) is 1.34.